The van der Waals surface area contributed by atoms with Crippen molar-refractivity contribution in [1.82, 2.24) is 4.57 Å². The summed E-state index contributed by atoms with van der Waals surface area (Å²) < 4.78 is 29.9. The fourth-order valence-electron chi connectivity index (χ4n) is 5.89. The fraction of sp³-hybridized carbons (Fsp3) is 0.220. The molecular weight excluding hydrogens is 716 g/mol. The molecule has 272 valence electrons. The highest BCUT2D eigenvalue weighted by Crippen LogP contribution is 2.38. The highest BCUT2D eigenvalue weighted by Gasteiger charge is 2.35. The normalized spacial score (nSPS) is 13.9. The maximum atomic E-state index is 14.4. The quantitative estimate of drug-likeness (QED) is 0.121. The summed E-state index contributed by atoms with van der Waals surface area (Å²) in [5.74, 6) is 0.395. The monoisotopic (exact) mass is 752 g/mol. The SMILES string of the molecule is CCOC(=O)C1=C(c2ccccc2)N=c2s/c(=C\c3cc(Cl)c(OCc4ccc(C(=O)OCC)cc4)c(OC)c3)c(=O)n2[C@@H]1c1ccc(OCC)cc1. The molecule has 53 heavy (non-hydrogen) atoms. The number of carbonyl (C=O) groups excluding carboxylic acids is 2. The predicted octanol–water partition coefficient (Wildman–Crippen LogP) is 6.75. The lowest BCUT2D eigenvalue weighted by Gasteiger charge is -2.26. The van der Waals surface area contributed by atoms with Gasteiger partial charge in [0.05, 0.1) is 59.4 Å². The van der Waals surface area contributed by atoms with Crippen LogP contribution >= 0.6 is 22.9 Å². The lowest BCUT2D eigenvalue weighted by molar-refractivity contribution is -0.138. The lowest BCUT2D eigenvalue weighted by atomic mass is 9.93. The summed E-state index contributed by atoms with van der Waals surface area (Å²) >= 11 is 7.94. The van der Waals surface area contributed by atoms with Gasteiger partial charge in [-0.1, -0.05) is 77.5 Å². The zero-order valence-electron chi connectivity index (χ0n) is 29.6. The minimum Gasteiger partial charge on any atom is -0.494 e. The number of fused-ring (bicyclic) bond motifs is 1. The number of benzene rings is 4. The first-order valence-corrected chi connectivity index (χ1v) is 18.2. The number of ether oxygens (including phenoxy) is 5. The molecule has 1 aromatic heterocycles. The Morgan fingerprint density at radius 2 is 1.57 bits per heavy atom. The second-order valence-corrected chi connectivity index (χ2v) is 13.1. The maximum absolute atomic E-state index is 14.4. The Balaban J connectivity index is 1.41. The molecule has 1 atom stereocenters. The van der Waals surface area contributed by atoms with E-state index in [4.69, 9.17) is 40.3 Å². The van der Waals surface area contributed by atoms with Crippen molar-refractivity contribution >= 4 is 46.6 Å². The van der Waals surface area contributed by atoms with E-state index in [0.717, 1.165) is 5.56 Å². The lowest BCUT2D eigenvalue weighted by Crippen LogP contribution is -2.40. The molecule has 0 spiro atoms. The first-order valence-electron chi connectivity index (χ1n) is 17.0. The van der Waals surface area contributed by atoms with Crippen LogP contribution in [0.15, 0.2) is 106 Å². The molecule has 1 aliphatic heterocycles. The van der Waals surface area contributed by atoms with E-state index in [1.54, 1.807) is 56.3 Å². The number of aromatic nitrogens is 1. The molecule has 0 unspecified atom stereocenters. The van der Waals surface area contributed by atoms with Gasteiger partial charge in [-0.3, -0.25) is 9.36 Å². The average molecular weight is 753 g/mol. The van der Waals surface area contributed by atoms with Crippen LogP contribution in [0, 0.1) is 0 Å². The summed E-state index contributed by atoms with van der Waals surface area (Å²) in [5.41, 5.74) is 3.58. The molecule has 2 heterocycles. The Kier molecular flexibility index (Phi) is 11.8. The van der Waals surface area contributed by atoms with Gasteiger partial charge in [-0.25, -0.2) is 14.6 Å². The molecule has 5 aromatic rings. The largest absolute Gasteiger partial charge is 0.494 e. The molecular formula is C41H37ClN2O8S. The van der Waals surface area contributed by atoms with Crippen LogP contribution in [-0.4, -0.2) is 43.4 Å². The molecule has 0 N–H and O–H groups in total. The van der Waals surface area contributed by atoms with Gasteiger partial charge >= 0.3 is 11.9 Å². The van der Waals surface area contributed by atoms with E-state index in [9.17, 15) is 14.4 Å². The molecule has 0 fully saturated rings. The van der Waals surface area contributed by atoms with Crippen LogP contribution in [0.4, 0.5) is 0 Å². The number of carbonyl (C=O) groups is 2. The number of hydrogen-bond donors (Lipinski definition) is 0. The molecule has 4 aromatic carbocycles. The maximum Gasteiger partial charge on any atom is 0.338 e. The molecule has 1 aliphatic rings. The van der Waals surface area contributed by atoms with Gasteiger partial charge < -0.3 is 23.7 Å². The Bertz CT molecular complexity index is 2330. The first kappa shape index (κ1) is 37.1. The van der Waals surface area contributed by atoms with Gasteiger partial charge in [0, 0.05) is 5.56 Å². The number of esters is 2. The van der Waals surface area contributed by atoms with Crippen LogP contribution < -0.4 is 29.1 Å². The van der Waals surface area contributed by atoms with Crippen molar-refractivity contribution in [3.63, 3.8) is 0 Å². The van der Waals surface area contributed by atoms with Crippen LogP contribution in [0.2, 0.25) is 5.02 Å². The van der Waals surface area contributed by atoms with E-state index in [2.05, 4.69) is 0 Å². The Labute approximate surface area is 315 Å². The standard InChI is InChI=1S/C41H37ClN2O8S/c1-5-49-30-19-17-28(18-20-30)36-34(40(47)51-7-3)35(27-11-9-8-10-12-27)43-41-44(36)38(45)33(53-41)23-26-21-31(42)37(32(22-26)48-4)52-24-25-13-15-29(16-14-25)39(46)50-6-2/h8-23,36H,5-7,24H2,1-4H3/b33-23-/t36-/m1/s1. The summed E-state index contributed by atoms with van der Waals surface area (Å²) in [7, 11) is 1.50. The topological polar surface area (TPSA) is 115 Å². The molecule has 0 aliphatic carbocycles. The predicted molar refractivity (Wildman–Crippen MR) is 203 cm³/mol. The van der Waals surface area contributed by atoms with Gasteiger partial charge in [-0.2, -0.15) is 0 Å². The van der Waals surface area contributed by atoms with Crippen molar-refractivity contribution in [3.05, 3.63) is 149 Å². The smallest absolute Gasteiger partial charge is 0.338 e. The second-order valence-electron chi connectivity index (χ2n) is 11.7. The van der Waals surface area contributed by atoms with Crippen LogP contribution in [0.1, 0.15) is 59.4 Å². The zero-order valence-corrected chi connectivity index (χ0v) is 31.2. The number of rotatable bonds is 13. The third-order valence-corrected chi connectivity index (χ3v) is 9.54. The van der Waals surface area contributed by atoms with E-state index >= 15 is 0 Å². The zero-order chi connectivity index (χ0) is 37.5. The van der Waals surface area contributed by atoms with Crippen molar-refractivity contribution in [3.8, 4) is 17.2 Å². The summed E-state index contributed by atoms with van der Waals surface area (Å²) in [5, 5.41) is 0.273. The van der Waals surface area contributed by atoms with Crippen LogP contribution in [0.5, 0.6) is 17.2 Å². The summed E-state index contributed by atoms with van der Waals surface area (Å²) in [6.45, 7) is 6.49. The first-order chi connectivity index (χ1) is 25.8. The van der Waals surface area contributed by atoms with Crippen LogP contribution in [-0.2, 0) is 20.9 Å². The van der Waals surface area contributed by atoms with Crippen molar-refractivity contribution < 1.29 is 33.3 Å². The summed E-state index contributed by atoms with van der Waals surface area (Å²) in [6, 6.07) is 26.2. The van der Waals surface area contributed by atoms with E-state index < -0.39 is 18.0 Å². The van der Waals surface area contributed by atoms with Gasteiger partial charge in [-0.05, 0) is 79.9 Å². The number of nitrogens with zero attached hydrogens (tertiary/aromatic N) is 2. The van der Waals surface area contributed by atoms with E-state index in [-0.39, 0.29) is 29.4 Å². The molecule has 12 heteroatoms. The van der Waals surface area contributed by atoms with Gasteiger partial charge in [0.2, 0.25) is 0 Å². The van der Waals surface area contributed by atoms with E-state index in [1.807, 2.05) is 61.5 Å². The number of hydrogen-bond acceptors (Lipinski definition) is 10. The molecule has 0 bridgehead atoms. The van der Waals surface area contributed by atoms with Gasteiger partial charge in [0.1, 0.15) is 12.4 Å². The summed E-state index contributed by atoms with van der Waals surface area (Å²) in [4.78, 5) is 45.5. The molecule has 0 saturated carbocycles. The minimum atomic E-state index is -0.835. The van der Waals surface area contributed by atoms with Crippen LogP contribution in [0.25, 0.3) is 11.8 Å². The molecule has 0 saturated heterocycles. The van der Waals surface area contributed by atoms with Gasteiger partial charge in [0.15, 0.2) is 16.3 Å². The van der Waals surface area contributed by atoms with Crippen molar-refractivity contribution in [2.24, 2.45) is 4.99 Å². The molecule has 10 nitrogen and oxygen atoms in total. The van der Waals surface area contributed by atoms with E-state index in [1.165, 1.54) is 23.0 Å². The molecule has 0 amide bonds. The van der Waals surface area contributed by atoms with Gasteiger partial charge in [-0.15, -0.1) is 0 Å². The van der Waals surface area contributed by atoms with E-state index in [0.29, 0.717) is 67.7 Å². The van der Waals surface area contributed by atoms with Crippen LogP contribution in [0.3, 0.4) is 0 Å². The summed E-state index contributed by atoms with van der Waals surface area (Å²) in [6.07, 6.45) is 1.71. The highest BCUT2D eigenvalue weighted by molar-refractivity contribution is 7.07. The Morgan fingerprint density at radius 3 is 2.23 bits per heavy atom. The molecule has 6 rings (SSSR count). The number of halogens is 1. The van der Waals surface area contributed by atoms with Gasteiger partial charge in [0.25, 0.3) is 5.56 Å². The number of methoxy groups -OCH3 is 1. The third kappa shape index (κ3) is 8.06. The molecule has 0 radical (unpaired) electrons. The van der Waals surface area contributed by atoms with Crippen molar-refractivity contribution in [2.45, 2.75) is 33.4 Å². The fourth-order valence-corrected chi connectivity index (χ4v) is 7.16. The Morgan fingerprint density at radius 1 is 0.868 bits per heavy atom. The highest BCUT2D eigenvalue weighted by atomic mass is 35.5. The average Bonchev–Trinajstić information content (AvgIpc) is 3.48. The minimum absolute atomic E-state index is 0.148. The third-order valence-electron chi connectivity index (χ3n) is 8.28. The second kappa shape index (κ2) is 16.8. The van der Waals surface area contributed by atoms with Crippen molar-refractivity contribution in [1.29, 1.82) is 0 Å². The van der Waals surface area contributed by atoms with Crippen molar-refractivity contribution in [2.75, 3.05) is 26.9 Å². The number of thiazole rings is 1. The Hall–Kier alpha value is -5.65.